The summed E-state index contributed by atoms with van der Waals surface area (Å²) in [6, 6.07) is 16.6. The highest BCUT2D eigenvalue weighted by Crippen LogP contribution is 2.20. The summed E-state index contributed by atoms with van der Waals surface area (Å²) in [7, 11) is -1.52. The summed E-state index contributed by atoms with van der Waals surface area (Å²) in [5.41, 5.74) is 0. The van der Waals surface area contributed by atoms with Crippen molar-refractivity contribution >= 4 is 30.0 Å². The van der Waals surface area contributed by atoms with Crippen LogP contribution in [0.3, 0.4) is 0 Å². The van der Waals surface area contributed by atoms with E-state index in [1.54, 1.807) is 12.1 Å². The lowest BCUT2D eigenvalue weighted by Crippen LogP contribution is -2.05. The van der Waals surface area contributed by atoms with Crippen LogP contribution in [-0.2, 0) is 4.57 Å². The second-order valence-electron chi connectivity index (χ2n) is 3.11. The van der Waals surface area contributed by atoms with Gasteiger partial charge in [-0.15, -0.1) is 0 Å². The van der Waals surface area contributed by atoms with E-state index >= 15 is 0 Å². The third-order valence-corrected chi connectivity index (χ3v) is 3.78. The molecule has 0 aliphatic carbocycles. The van der Waals surface area contributed by atoms with Crippen molar-refractivity contribution in [2.75, 3.05) is 0 Å². The van der Waals surface area contributed by atoms with Crippen LogP contribution in [0.5, 0.6) is 0 Å². The minimum absolute atomic E-state index is 0.617. The molecule has 2 aromatic rings. The molecule has 0 aliphatic heterocycles. The van der Waals surface area contributed by atoms with Gasteiger partial charge in [-0.2, -0.15) is 0 Å². The molecular weight excluding hydrogens is 227 g/mol. The van der Waals surface area contributed by atoms with Gasteiger partial charge in [0.25, 0.3) is 0 Å². The van der Waals surface area contributed by atoms with E-state index in [9.17, 15) is 4.57 Å². The molecule has 0 spiro atoms. The smallest absolute Gasteiger partial charge is 0.136 e. The zero-order valence-electron chi connectivity index (χ0n) is 7.93. The zero-order chi connectivity index (χ0) is 10.7. The van der Waals surface area contributed by atoms with E-state index in [1.165, 1.54) is 0 Å². The Kier molecular flexibility index (Phi) is 3.15. The molecule has 75 valence electrons. The van der Waals surface area contributed by atoms with Gasteiger partial charge in [0.2, 0.25) is 0 Å². The van der Waals surface area contributed by atoms with E-state index in [-0.39, 0.29) is 0 Å². The van der Waals surface area contributed by atoms with Crippen molar-refractivity contribution in [1.29, 1.82) is 0 Å². The van der Waals surface area contributed by atoms with Gasteiger partial charge in [-0.05, 0) is 30.3 Å². The Morgan fingerprint density at radius 1 is 0.867 bits per heavy atom. The molecule has 1 atom stereocenters. The summed E-state index contributed by atoms with van der Waals surface area (Å²) in [4.78, 5) is 0. The Morgan fingerprint density at radius 3 is 2.20 bits per heavy atom. The van der Waals surface area contributed by atoms with Crippen LogP contribution >= 0.6 is 19.4 Å². The summed E-state index contributed by atoms with van der Waals surface area (Å²) in [6.07, 6.45) is 0. The molecule has 1 radical (unpaired) electrons. The SMILES string of the molecule is O=[P](c1ccccc1)c1cccc(Cl)c1. The van der Waals surface area contributed by atoms with Crippen molar-refractivity contribution in [3.8, 4) is 0 Å². The summed E-state index contributed by atoms with van der Waals surface area (Å²) in [5, 5.41) is 2.21. The number of rotatable bonds is 2. The minimum atomic E-state index is -1.52. The Hall–Kier alpha value is -1.17. The monoisotopic (exact) mass is 235 g/mol. The number of halogens is 1. The number of hydrogen-bond donors (Lipinski definition) is 0. The van der Waals surface area contributed by atoms with E-state index < -0.39 is 7.80 Å². The minimum Gasteiger partial charge on any atom is -0.277 e. The first-order valence-electron chi connectivity index (χ1n) is 4.55. The standard InChI is InChI=1S/C12H9ClOP/c13-10-5-4-8-12(9-10)15(14)11-6-2-1-3-7-11/h1-9H. The van der Waals surface area contributed by atoms with Gasteiger partial charge in [-0.1, -0.05) is 35.9 Å². The number of hydrogen-bond acceptors (Lipinski definition) is 1. The molecular formula is C12H9ClOP. The van der Waals surface area contributed by atoms with E-state index in [1.807, 2.05) is 42.5 Å². The molecule has 3 heteroatoms. The van der Waals surface area contributed by atoms with Crippen LogP contribution in [0.25, 0.3) is 0 Å². The van der Waals surface area contributed by atoms with Crippen molar-refractivity contribution in [1.82, 2.24) is 0 Å². The molecule has 2 aromatic carbocycles. The van der Waals surface area contributed by atoms with Gasteiger partial charge in [0, 0.05) is 15.6 Å². The Balaban J connectivity index is 2.37. The van der Waals surface area contributed by atoms with Crippen LogP contribution in [0.4, 0.5) is 0 Å². The largest absolute Gasteiger partial charge is 0.277 e. The maximum atomic E-state index is 12.1. The highest BCUT2D eigenvalue weighted by molar-refractivity contribution is 7.61. The van der Waals surface area contributed by atoms with Gasteiger partial charge in [0.05, 0.1) is 0 Å². The van der Waals surface area contributed by atoms with Crippen molar-refractivity contribution in [2.24, 2.45) is 0 Å². The lowest BCUT2D eigenvalue weighted by Gasteiger charge is -2.01. The predicted molar refractivity (Wildman–Crippen MR) is 64.8 cm³/mol. The molecule has 1 unspecified atom stereocenters. The maximum Gasteiger partial charge on any atom is 0.136 e. The Bertz CT molecular complexity index is 482. The fourth-order valence-electron chi connectivity index (χ4n) is 1.31. The van der Waals surface area contributed by atoms with Crippen LogP contribution in [0.15, 0.2) is 54.6 Å². The van der Waals surface area contributed by atoms with Crippen LogP contribution in [0, 0.1) is 0 Å². The van der Waals surface area contributed by atoms with Crippen LogP contribution < -0.4 is 10.6 Å². The average Bonchev–Trinajstić information content (AvgIpc) is 2.29. The summed E-state index contributed by atoms with van der Waals surface area (Å²) in [6.45, 7) is 0. The third kappa shape index (κ3) is 2.44. The lowest BCUT2D eigenvalue weighted by atomic mass is 10.4. The quantitative estimate of drug-likeness (QED) is 0.731. The molecule has 0 amide bonds. The fraction of sp³-hybridized carbons (Fsp3) is 0. The zero-order valence-corrected chi connectivity index (χ0v) is 9.58. The first-order chi connectivity index (χ1) is 7.27. The van der Waals surface area contributed by atoms with E-state index in [0.717, 1.165) is 10.6 Å². The molecule has 0 aromatic heterocycles. The summed E-state index contributed by atoms with van der Waals surface area (Å²) in [5.74, 6) is 0. The lowest BCUT2D eigenvalue weighted by molar-refractivity contribution is 0.598. The van der Waals surface area contributed by atoms with Crippen LogP contribution in [0.2, 0.25) is 5.02 Å². The van der Waals surface area contributed by atoms with Crippen LogP contribution in [-0.4, -0.2) is 0 Å². The number of benzene rings is 2. The highest BCUT2D eigenvalue weighted by atomic mass is 35.5. The average molecular weight is 236 g/mol. The Morgan fingerprint density at radius 2 is 1.53 bits per heavy atom. The van der Waals surface area contributed by atoms with E-state index in [0.29, 0.717) is 5.02 Å². The second-order valence-corrected chi connectivity index (χ2v) is 5.17. The van der Waals surface area contributed by atoms with Crippen molar-refractivity contribution < 1.29 is 4.57 Å². The molecule has 0 fully saturated rings. The van der Waals surface area contributed by atoms with Gasteiger partial charge in [-0.3, -0.25) is 4.57 Å². The van der Waals surface area contributed by atoms with Gasteiger partial charge in [0.15, 0.2) is 0 Å². The molecule has 0 saturated carbocycles. The molecule has 15 heavy (non-hydrogen) atoms. The fourth-order valence-corrected chi connectivity index (χ4v) is 2.80. The summed E-state index contributed by atoms with van der Waals surface area (Å²) < 4.78 is 12.1. The van der Waals surface area contributed by atoms with Gasteiger partial charge in [-0.25, -0.2) is 0 Å². The molecule has 0 heterocycles. The van der Waals surface area contributed by atoms with Crippen LogP contribution in [0.1, 0.15) is 0 Å². The summed E-state index contributed by atoms with van der Waals surface area (Å²) >= 11 is 5.85. The van der Waals surface area contributed by atoms with Crippen molar-refractivity contribution in [3.63, 3.8) is 0 Å². The van der Waals surface area contributed by atoms with Gasteiger partial charge >= 0.3 is 0 Å². The van der Waals surface area contributed by atoms with Gasteiger partial charge in [0.1, 0.15) is 7.80 Å². The second kappa shape index (κ2) is 4.57. The normalized spacial score (nSPS) is 11.1. The highest BCUT2D eigenvalue weighted by Gasteiger charge is 2.06. The molecule has 2 rings (SSSR count). The Labute approximate surface area is 94.5 Å². The third-order valence-electron chi connectivity index (χ3n) is 2.03. The first kappa shape index (κ1) is 10.4. The van der Waals surface area contributed by atoms with Crippen molar-refractivity contribution in [2.45, 2.75) is 0 Å². The van der Waals surface area contributed by atoms with E-state index in [4.69, 9.17) is 11.6 Å². The first-order valence-corrected chi connectivity index (χ1v) is 6.19. The topological polar surface area (TPSA) is 17.1 Å². The molecule has 0 aliphatic rings. The molecule has 0 bridgehead atoms. The molecule has 0 saturated heterocycles. The maximum absolute atomic E-state index is 12.1. The molecule has 1 nitrogen and oxygen atoms in total. The van der Waals surface area contributed by atoms with Gasteiger partial charge < -0.3 is 0 Å². The van der Waals surface area contributed by atoms with Crippen molar-refractivity contribution in [3.05, 3.63) is 59.6 Å². The van der Waals surface area contributed by atoms with E-state index in [2.05, 4.69) is 0 Å². The predicted octanol–water partition coefficient (Wildman–Crippen LogP) is 3.12. The molecule has 0 N–H and O–H groups in total.